The lowest BCUT2D eigenvalue weighted by atomic mass is 10.0. The normalized spacial score (nSPS) is 12.6. The molecule has 1 nitrogen and oxygen atoms in total. The molecule has 1 aromatic heterocycles. The first-order valence-electron chi connectivity index (χ1n) is 7.31. The van der Waals surface area contributed by atoms with E-state index in [4.69, 9.17) is 11.6 Å². The number of hydrogen-bond donors (Lipinski definition) is 1. The quantitative estimate of drug-likeness (QED) is 0.718. The lowest BCUT2D eigenvalue weighted by Crippen LogP contribution is -2.22. The molecule has 0 spiro atoms. The van der Waals surface area contributed by atoms with Crippen molar-refractivity contribution in [1.82, 2.24) is 5.32 Å². The minimum Gasteiger partial charge on any atom is -0.306 e. The Morgan fingerprint density at radius 3 is 2.70 bits per heavy atom. The zero-order chi connectivity index (χ0) is 14.4. The van der Waals surface area contributed by atoms with Gasteiger partial charge < -0.3 is 5.32 Å². The second kappa shape index (κ2) is 7.82. The van der Waals surface area contributed by atoms with Gasteiger partial charge in [0.05, 0.1) is 11.1 Å². The summed E-state index contributed by atoms with van der Waals surface area (Å²) in [4.78, 5) is 1.22. The molecular weight excluding hydrogens is 286 g/mol. The molecule has 1 unspecified atom stereocenters. The van der Waals surface area contributed by atoms with E-state index in [1.165, 1.54) is 22.4 Å². The lowest BCUT2D eigenvalue weighted by Gasteiger charge is -2.19. The number of thiophene rings is 1. The Hall–Kier alpha value is -0.830. The van der Waals surface area contributed by atoms with Crippen LogP contribution in [0.15, 0.2) is 35.7 Å². The third-order valence-electron chi connectivity index (χ3n) is 3.33. The van der Waals surface area contributed by atoms with Crippen molar-refractivity contribution >= 4 is 22.9 Å². The van der Waals surface area contributed by atoms with Gasteiger partial charge in [-0.15, -0.1) is 11.3 Å². The predicted molar refractivity (Wildman–Crippen MR) is 89.9 cm³/mol. The van der Waals surface area contributed by atoms with Gasteiger partial charge in [0.15, 0.2) is 0 Å². The van der Waals surface area contributed by atoms with Gasteiger partial charge in [0.2, 0.25) is 0 Å². The summed E-state index contributed by atoms with van der Waals surface area (Å²) in [6.45, 7) is 5.40. The van der Waals surface area contributed by atoms with Gasteiger partial charge in [-0.3, -0.25) is 0 Å². The minimum atomic E-state index is 0.208. The van der Waals surface area contributed by atoms with Gasteiger partial charge in [-0.05, 0) is 42.0 Å². The summed E-state index contributed by atoms with van der Waals surface area (Å²) in [7, 11) is 0. The largest absolute Gasteiger partial charge is 0.306 e. The van der Waals surface area contributed by atoms with E-state index in [-0.39, 0.29) is 6.04 Å². The summed E-state index contributed by atoms with van der Waals surface area (Å²) in [6, 6.07) is 11.1. The molecule has 1 atom stereocenters. The summed E-state index contributed by atoms with van der Waals surface area (Å²) < 4.78 is 0. The van der Waals surface area contributed by atoms with E-state index in [9.17, 15) is 0 Å². The van der Waals surface area contributed by atoms with Crippen molar-refractivity contribution in [3.8, 4) is 0 Å². The highest BCUT2D eigenvalue weighted by molar-refractivity contribution is 7.10. The fourth-order valence-corrected chi connectivity index (χ4v) is 3.65. The molecule has 0 bridgehead atoms. The summed E-state index contributed by atoms with van der Waals surface area (Å²) in [5.74, 6) is 0. The van der Waals surface area contributed by atoms with Gasteiger partial charge >= 0.3 is 0 Å². The number of rotatable bonds is 7. The van der Waals surface area contributed by atoms with Crippen LogP contribution in [0.1, 0.15) is 48.7 Å². The molecule has 2 aromatic rings. The molecule has 0 saturated heterocycles. The molecule has 108 valence electrons. The monoisotopic (exact) mass is 307 g/mol. The van der Waals surface area contributed by atoms with E-state index in [0.717, 1.165) is 24.4 Å². The van der Waals surface area contributed by atoms with Crippen molar-refractivity contribution in [2.75, 3.05) is 6.54 Å². The third kappa shape index (κ3) is 3.85. The molecule has 0 amide bonds. The Kier molecular flexibility index (Phi) is 6.08. The number of halogens is 1. The molecular formula is C17H22ClNS. The lowest BCUT2D eigenvalue weighted by molar-refractivity contribution is 0.605. The second-order valence-electron chi connectivity index (χ2n) is 5.01. The average Bonchev–Trinajstić information content (AvgIpc) is 2.87. The van der Waals surface area contributed by atoms with Gasteiger partial charge in [-0.25, -0.2) is 0 Å². The number of nitrogens with one attached hydrogen (secondary N) is 1. The number of hydrogen-bond acceptors (Lipinski definition) is 2. The molecule has 0 aliphatic heterocycles. The fraction of sp³-hybridized carbons (Fsp3) is 0.412. The van der Waals surface area contributed by atoms with Gasteiger partial charge in [0.25, 0.3) is 0 Å². The van der Waals surface area contributed by atoms with Crippen LogP contribution in [0.4, 0.5) is 0 Å². The third-order valence-corrected chi connectivity index (χ3v) is 4.75. The van der Waals surface area contributed by atoms with Crippen molar-refractivity contribution in [3.63, 3.8) is 0 Å². The first-order chi connectivity index (χ1) is 9.76. The molecule has 0 saturated carbocycles. The number of aryl methyl sites for hydroxylation is 1. The second-order valence-corrected chi connectivity index (χ2v) is 6.37. The van der Waals surface area contributed by atoms with Crippen LogP contribution in [0, 0.1) is 0 Å². The van der Waals surface area contributed by atoms with E-state index in [1.54, 1.807) is 11.3 Å². The number of benzene rings is 1. The maximum atomic E-state index is 6.33. The summed E-state index contributed by atoms with van der Waals surface area (Å²) >= 11 is 8.06. The molecule has 3 heteroatoms. The van der Waals surface area contributed by atoms with E-state index in [1.807, 2.05) is 6.07 Å². The highest BCUT2D eigenvalue weighted by atomic mass is 35.5. The van der Waals surface area contributed by atoms with Gasteiger partial charge in [-0.1, -0.05) is 56.1 Å². The molecule has 1 N–H and O–H groups in total. The van der Waals surface area contributed by atoms with Crippen molar-refractivity contribution in [2.45, 2.75) is 39.2 Å². The molecule has 0 aliphatic rings. The molecule has 1 heterocycles. The topological polar surface area (TPSA) is 12.0 Å². The van der Waals surface area contributed by atoms with Crippen LogP contribution >= 0.6 is 22.9 Å². The van der Waals surface area contributed by atoms with E-state index in [0.29, 0.717) is 0 Å². The highest BCUT2D eigenvalue weighted by Gasteiger charge is 2.17. The fourth-order valence-electron chi connectivity index (χ4n) is 2.38. The van der Waals surface area contributed by atoms with Gasteiger partial charge in [0.1, 0.15) is 0 Å². The Morgan fingerprint density at radius 1 is 1.20 bits per heavy atom. The maximum absolute atomic E-state index is 6.33. The van der Waals surface area contributed by atoms with Crippen LogP contribution in [0.2, 0.25) is 5.02 Å². The van der Waals surface area contributed by atoms with Crippen LogP contribution < -0.4 is 5.32 Å². The first-order valence-corrected chi connectivity index (χ1v) is 8.57. The van der Waals surface area contributed by atoms with Crippen LogP contribution in [-0.4, -0.2) is 6.54 Å². The average molecular weight is 308 g/mol. The van der Waals surface area contributed by atoms with Crippen LogP contribution in [0.3, 0.4) is 0 Å². The standard InChI is InChI=1S/C17H22ClNS/c1-3-6-13-7-5-8-14(12-13)16(19-10-4-2)17-15(18)9-11-20-17/h5,7-9,11-12,16,19H,3-4,6,10H2,1-2H3. The van der Waals surface area contributed by atoms with Crippen molar-refractivity contribution in [3.05, 3.63) is 56.7 Å². The minimum absolute atomic E-state index is 0.208. The Balaban J connectivity index is 2.31. The van der Waals surface area contributed by atoms with Crippen LogP contribution in [0.25, 0.3) is 0 Å². The first kappa shape index (κ1) is 15.6. The van der Waals surface area contributed by atoms with Crippen LogP contribution in [-0.2, 0) is 6.42 Å². The zero-order valence-corrected chi connectivity index (χ0v) is 13.7. The molecule has 0 fully saturated rings. The highest BCUT2D eigenvalue weighted by Crippen LogP contribution is 2.33. The molecule has 2 rings (SSSR count). The molecule has 0 radical (unpaired) electrons. The Morgan fingerprint density at radius 2 is 2.05 bits per heavy atom. The predicted octanol–water partition coefficient (Wildman–Crippen LogP) is 5.44. The van der Waals surface area contributed by atoms with Crippen molar-refractivity contribution < 1.29 is 0 Å². The summed E-state index contributed by atoms with van der Waals surface area (Å²) in [6.07, 6.45) is 3.43. The van der Waals surface area contributed by atoms with E-state index in [2.05, 4.69) is 48.8 Å². The molecule has 0 aliphatic carbocycles. The van der Waals surface area contributed by atoms with Crippen molar-refractivity contribution in [1.29, 1.82) is 0 Å². The smallest absolute Gasteiger partial charge is 0.0686 e. The van der Waals surface area contributed by atoms with E-state index >= 15 is 0 Å². The van der Waals surface area contributed by atoms with Crippen LogP contribution in [0.5, 0.6) is 0 Å². The van der Waals surface area contributed by atoms with Gasteiger partial charge in [0, 0.05) is 4.88 Å². The van der Waals surface area contributed by atoms with Gasteiger partial charge in [-0.2, -0.15) is 0 Å². The summed E-state index contributed by atoms with van der Waals surface area (Å²) in [5, 5.41) is 6.55. The maximum Gasteiger partial charge on any atom is 0.0686 e. The molecule has 1 aromatic carbocycles. The van der Waals surface area contributed by atoms with Crippen molar-refractivity contribution in [2.24, 2.45) is 0 Å². The Bertz CT molecular complexity index is 535. The molecule has 20 heavy (non-hydrogen) atoms. The Labute approximate surface area is 131 Å². The SMILES string of the molecule is CCCNC(c1cccc(CCC)c1)c1sccc1Cl. The zero-order valence-electron chi connectivity index (χ0n) is 12.2. The van der Waals surface area contributed by atoms with E-state index < -0.39 is 0 Å². The summed E-state index contributed by atoms with van der Waals surface area (Å²) in [5.41, 5.74) is 2.72.